The molecule has 0 aromatic heterocycles. The van der Waals surface area contributed by atoms with Gasteiger partial charge in [-0.05, 0) is 13.3 Å². The Morgan fingerprint density at radius 2 is 2.17 bits per heavy atom. The van der Waals surface area contributed by atoms with Crippen LogP contribution in [0.25, 0.3) is 0 Å². The van der Waals surface area contributed by atoms with Crippen LogP contribution in [0.1, 0.15) is 33.1 Å². The third kappa shape index (κ3) is 4.31. The molecule has 0 aliphatic rings. The lowest BCUT2D eigenvalue weighted by atomic mass is 10.2. The van der Waals surface area contributed by atoms with Gasteiger partial charge in [-0.1, -0.05) is 19.8 Å². The van der Waals surface area contributed by atoms with Crippen molar-refractivity contribution in [2.24, 2.45) is 5.84 Å². The van der Waals surface area contributed by atoms with Crippen molar-refractivity contribution < 1.29 is 9.90 Å². The maximum atomic E-state index is 10.5. The summed E-state index contributed by atoms with van der Waals surface area (Å²) in [5.74, 6) is 4.64. The minimum absolute atomic E-state index is 0.582. The molecule has 0 spiro atoms. The van der Waals surface area contributed by atoms with Crippen LogP contribution < -0.4 is 5.84 Å². The van der Waals surface area contributed by atoms with Crippen molar-refractivity contribution in [2.45, 2.75) is 39.2 Å². The van der Waals surface area contributed by atoms with Crippen molar-refractivity contribution in [1.82, 2.24) is 5.01 Å². The van der Waals surface area contributed by atoms with Crippen LogP contribution in [0, 0.1) is 0 Å². The molecule has 0 amide bonds. The maximum Gasteiger partial charge on any atom is 0.322 e. The Labute approximate surface area is 73.3 Å². The van der Waals surface area contributed by atoms with E-state index in [9.17, 15) is 4.79 Å². The zero-order valence-corrected chi connectivity index (χ0v) is 7.79. The van der Waals surface area contributed by atoms with Gasteiger partial charge in [0.25, 0.3) is 0 Å². The Kier molecular flexibility index (Phi) is 5.66. The Bertz CT molecular complexity index is 139. The molecule has 12 heavy (non-hydrogen) atoms. The number of carboxylic acids is 1. The molecule has 4 nitrogen and oxygen atoms in total. The van der Waals surface area contributed by atoms with Gasteiger partial charge in [-0.2, -0.15) is 0 Å². The first-order chi connectivity index (χ1) is 5.59. The summed E-state index contributed by atoms with van der Waals surface area (Å²) in [6, 6.07) is -0.582. The molecule has 0 radical (unpaired) electrons. The van der Waals surface area contributed by atoms with Crippen molar-refractivity contribution in [3.05, 3.63) is 0 Å². The van der Waals surface area contributed by atoms with Gasteiger partial charge < -0.3 is 5.11 Å². The van der Waals surface area contributed by atoms with E-state index >= 15 is 0 Å². The lowest BCUT2D eigenvalue weighted by molar-refractivity contribution is -0.142. The van der Waals surface area contributed by atoms with Crippen LogP contribution in [0.4, 0.5) is 0 Å². The number of hydrogen-bond donors (Lipinski definition) is 2. The first kappa shape index (κ1) is 11.4. The number of nitrogens with zero attached hydrogens (tertiary/aromatic N) is 1. The second-order valence-corrected chi connectivity index (χ2v) is 2.96. The van der Waals surface area contributed by atoms with Gasteiger partial charge in [0.2, 0.25) is 0 Å². The molecule has 0 aromatic carbocycles. The van der Waals surface area contributed by atoms with Gasteiger partial charge in [-0.3, -0.25) is 10.6 Å². The Morgan fingerprint density at radius 3 is 2.58 bits per heavy atom. The smallest absolute Gasteiger partial charge is 0.322 e. The summed E-state index contributed by atoms with van der Waals surface area (Å²) >= 11 is 0. The van der Waals surface area contributed by atoms with E-state index < -0.39 is 12.0 Å². The van der Waals surface area contributed by atoms with E-state index in [0.717, 1.165) is 19.3 Å². The molecular formula is C8H18N2O2. The number of hydrazine groups is 1. The molecule has 0 saturated carbocycles. The number of nitrogens with two attached hydrogens (primary N) is 1. The summed E-state index contributed by atoms with van der Waals surface area (Å²) in [6.07, 6.45) is 3.18. The summed E-state index contributed by atoms with van der Waals surface area (Å²) in [5, 5.41) is 9.96. The number of aliphatic carboxylic acids is 1. The summed E-state index contributed by atoms with van der Waals surface area (Å²) in [6.45, 7) is 4.34. The Morgan fingerprint density at radius 1 is 1.58 bits per heavy atom. The second-order valence-electron chi connectivity index (χ2n) is 2.96. The molecule has 0 aliphatic heterocycles. The third-order valence-electron chi connectivity index (χ3n) is 1.87. The van der Waals surface area contributed by atoms with Crippen LogP contribution in [-0.4, -0.2) is 28.7 Å². The van der Waals surface area contributed by atoms with Crippen molar-refractivity contribution in [2.75, 3.05) is 6.54 Å². The first-order valence-corrected chi connectivity index (χ1v) is 4.33. The van der Waals surface area contributed by atoms with Crippen molar-refractivity contribution in [3.63, 3.8) is 0 Å². The highest BCUT2D eigenvalue weighted by molar-refractivity contribution is 5.72. The topological polar surface area (TPSA) is 66.6 Å². The molecule has 0 bridgehead atoms. The number of carbonyl (C=O) groups is 1. The molecule has 0 fully saturated rings. The van der Waals surface area contributed by atoms with E-state index in [2.05, 4.69) is 6.92 Å². The van der Waals surface area contributed by atoms with Crippen LogP contribution in [0.5, 0.6) is 0 Å². The quantitative estimate of drug-likeness (QED) is 0.355. The average Bonchev–Trinajstić information content (AvgIpc) is 2.03. The summed E-state index contributed by atoms with van der Waals surface area (Å²) in [4.78, 5) is 10.5. The molecule has 0 unspecified atom stereocenters. The third-order valence-corrected chi connectivity index (χ3v) is 1.87. The van der Waals surface area contributed by atoms with Crippen molar-refractivity contribution >= 4 is 5.97 Å². The molecule has 0 heterocycles. The van der Waals surface area contributed by atoms with E-state index in [0.29, 0.717) is 6.54 Å². The lowest BCUT2D eigenvalue weighted by Gasteiger charge is -2.19. The van der Waals surface area contributed by atoms with Gasteiger partial charge in [0.05, 0.1) is 0 Å². The van der Waals surface area contributed by atoms with Crippen LogP contribution in [-0.2, 0) is 4.79 Å². The minimum Gasteiger partial charge on any atom is -0.480 e. The van der Waals surface area contributed by atoms with Gasteiger partial charge in [0, 0.05) is 6.54 Å². The van der Waals surface area contributed by atoms with E-state index in [4.69, 9.17) is 10.9 Å². The standard InChI is InChI=1S/C8H18N2O2/c1-3-4-5-6-10(9)7(2)8(11)12/h7H,3-6,9H2,1-2H3,(H,11,12)/t7-/m0/s1. The fourth-order valence-corrected chi connectivity index (χ4v) is 0.880. The SMILES string of the molecule is CCCCCN(N)[C@@H](C)C(=O)O. The van der Waals surface area contributed by atoms with Gasteiger partial charge in [0.15, 0.2) is 0 Å². The number of carboxylic acid groups (broad SMARTS) is 1. The largest absolute Gasteiger partial charge is 0.480 e. The Hall–Kier alpha value is -0.610. The first-order valence-electron chi connectivity index (χ1n) is 4.33. The second kappa shape index (κ2) is 5.97. The highest BCUT2D eigenvalue weighted by atomic mass is 16.4. The fourth-order valence-electron chi connectivity index (χ4n) is 0.880. The highest BCUT2D eigenvalue weighted by Gasteiger charge is 2.15. The maximum absolute atomic E-state index is 10.5. The van der Waals surface area contributed by atoms with Gasteiger partial charge in [0.1, 0.15) is 6.04 Å². The van der Waals surface area contributed by atoms with Gasteiger partial charge in [-0.15, -0.1) is 0 Å². The molecule has 0 rings (SSSR count). The molecule has 72 valence electrons. The van der Waals surface area contributed by atoms with E-state index in [-0.39, 0.29) is 0 Å². The summed E-state index contributed by atoms with van der Waals surface area (Å²) in [5.41, 5.74) is 0. The van der Waals surface area contributed by atoms with Crippen LogP contribution in [0.2, 0.25) is 0 Å². The lowest BCUT2D eigenvalue weighted by Crippen LogP contribution is -2.44. The van der Waals surface area contributed by atoms with Crippen molar-refractivity contribution in [3.8, 4) is 0 Å². The molecule has 4 heteroatoms. The van der Waals surface area contributed by atoms with Gasteiger partial charge >= 0.3 is 5.97 Å². The molecular weight excluding hydrogens is 156 g/mol. The predicted molar refractivity (Wildman–Crippen MR) is 47.5 cm³/mol. The van der Waals surface area contributed by atoms with E-state index in [1.165, 1.54) is 5.01 Å². The Balaban J connectivity index is 3.56. The van der Waals surface area contributed by atoms with Gasteiger partial charge in [-0.25, -0.2) is 5.01 Å². The molecule has 3 N–H and O–H groups in total. The normalized spacial score (nSPS) is 13.3. The summed E-state index contributed by atoms with van der Waals surface area (Å²) in [7, 11) is 0. The molecule has 0 aromatic rings. The monoisotopic (exact) mass is 174 g/mol. The summed E-state index contributed by atoms with van der Waals surface area (Å²) < 4.78 is 0. The predicted octanol–water partition coefficient (Wildman–Crippen LogP) is 0.825. The number of unbranched alkanes of at least 4 members (excludes halogenated alkanes) is 2. The fraction of sp³-hybridized carbons (Fsp3) is 0.875. The van der Waals surface area contributed by atoms with Crippen LogP contribution in [0.15, 0.2) is 0 Å². The van der Waals surface area contributed by atoms with Crippen molar-refractivity contribution in [1.29, 1.82) is 0 Å². The number of rotatable bonds is 6. The zero-order chi connectivity index (χ0) is 9.56. The highest BCUT2D eigenvalue weighted by Crippen LogP contribution is 1.98. The molecule has 0 saturated heterocycles. The molecule has 1 atom stereocenters. The van der Waals surface area contributed by atoms with E-state index in [1.807, 2.05) is 0 Å². The average molecular weight is 174 g/mol. The minimum atomic E-state index is -0.867. The van der Waals surface area contributed by atoms with Crippen LogP contribution >= 0.6 is 0 Å². The number of hydrogen-bond acceptors (Lipinski definition) is 3. The van der Waals surface area contributed by atoms with E-state index in [1.54, 1.807) is 6.92 Å². The zero-order valence-electron chi connectivity index (χ0n) is 7.79. The van der Waals surface area contributed by atoms with Crippen LogP contribution in [0.3, 0.4) is 0 Å². The molecule has 0 aliphatic carbocycles.